The number of aromatic amines is 1. The van der Waals surface area contributed by atoms with Crippen LogP contribution in [0.2, 0.25) is 0 Å². The van der Waals surface area contributed by atoms with Crippen LogP contribution in [0.1, 0.15) is 66.2 Å². The van der Waals surface area contributed by atoms with E-state index in [0.29, 0.717) is 30.7 Å². The molecule has 1 saturated heterocycles. The van der Waals surface area contributed by atoms with E-state index in [4.69, 9.17) is 4.98 Å². The number of aryl methyl sites for hydroxylation is 1. The van der Waals surface area contributed by atoms with Crippen molar-refractivity contribution in [2.75, 3.05) is 13.1 Å². The number of piperidine rings is 1. The fraction of sp³-hybridized carbons (Fsp3) is 0.500. The number of rotatable bonds is 4. The molecule has 1 atom stereocenters. The van der Waals surface area contributed by atoms with Gasteiger partial charge in [0.15, 0.2) is 5.65 Å². The lowest BCUT2D eigenvalue weighted by Crippen LogP contribution is -2.41. The number of hydrogen-bond donors (Lipinski definition) is 1. The van der Waals surface area contributed by atoms with Crippen molar-refractivity contribution in [1.82, 2.24) is 24.4 Å². The van der Waals surface area contributed by atoms with Gasteiger partial charge in [-0.1, -0.05) is 36.2 Å². The van der Waals surface area contributed by atoms with Gasteiger partial charge in [-0.2, -0.15) is 0 Å². The summed E-state index contributed by atoms with van der Waals surface area (Å²) in [5.41, 5.74) is 5.81. The van der Waals surface area contributed by atoms with Gasteiger partial charge in [-0.15, -0.1) is 0 Å². The van der Waals surface area contributed by atoms with E-state index < -0.39 is 0 Å². The van der Waals surface area contributed by atoms with E-state index in [1.165, 1.54) is 24.0 Å². The van der Waals surface area contributed by atoms with E-state index in [9.17, 15) is 9.59 Å². The average molecular weight is 446 g/mol. The van der Waals surface area contributed by atoms with Crippen molar-refractivity contribution in [3.05, 3.63) is 68.8 Å². The highest BCUT2D eigenvalue weighted by Crippen LogP contribution is 2.33. The number of nitrogens with zero attached hydrogens (tertiary/aromatic N) is 4. The topological polar surface area (TPSA) is 73.7 Å². The van der Waals surface area contributed by atoms with Crippen LogP contribution in [-0.4, -0.2) is 43.4 Å². The van der Waals surface area contributed by atoms with Crippen LogP contribution in [0.25, 0.3) is 5.65 Å². The minimum absolute atomic E-state index is 0.0596. The van der Waals surface area contributed by atoms with Gasteiger partial charge in [0.2, 0.25) is 5.91 Å². The molecular formula is C26H31N5O2. The van der Waals surface area contributed by atoms with Crippen LogP contribution in [0.3, 0.4) is 0 Å². The van der Waals surface area contributed by atoms with Crippen LogP contribution in [0.4, 0.5) is 0 Å². The summed E-state index contributed by atoms with van der Waals surface area (Å²) in [5.74, 6) is 0.375. The Morgan fingerprint density at radius 1 is 1.15 bits per heavy atom. The molecule has 0 unspecified atom stereocenters. The molecule has 1 amide bonds. The molecule has 2 aromatic heterocycles. The number of aromatic nitrogens is 3. The fourth-order valence-electron chi connectivity index (χ4n) is 5.52. The largest absolute Gasteiger partial charge is 0.337 e. The van der Waals surface area contributed by atoms with Crippen molar-refractivity contribution >= 4 is 11.6 Å². The molecule has 0 bridgehead atoms. The lowest BCUT2D eigenvalue weighted by atomic mass is 9.98. The summed E-state index contributed by atoms with van der Waals surface area (Å²) in [7, 11) is 0. The van der Waals surface area contributed by atoms with E-state index in [-0.39, 0.29) is 23.4 Å². The summed E-state index contributed by atoms with van der Waals surface area (Å²) >= 11 is 0. The lowest BCUT2D eigenvalue weighted by molar-refractivity contribution is -0.133. The second-order valence-corrected chi connectivity index (χ2v) is 10.0. The van der Waals surface area contributed by atoms with Gasteiger partial charge in [0.1, 0.15) is 0 Å². The van der Waals surface area contributed by atoms with Gasteiger partial charge < -0.3 is 4.90 Å². The zero-order valence-electron chi connectivity index (χ0n) is 19.2. The smallest absolute Gasteiger partial charge is 0.277 e. The van der Waals surface area contributed by atoms with Crippen LogP contribution in [0.5, 0.6) is 0 Å². The molecule has 2 fully saturated rings. The zero-order valence-corrected chi connectivity index (χ0v) is 19.2. The van der Waals surface area contributed by atoms with Crippen LogP contribution >= 0.6 is 0 Å². The monoisotopic (exact) mass is 445 g/mol. The summed E-state index contributed by atoms with van der Waals surface area (Å²) < 4.78 is 1.60. The van der Waals surface area contributed by atoms with Crippen LogP contribution in [-0.2, 0) is 24.3 Å². The molecule has 6 rings (SSSR count). The standard InChI is InChI=1S/C26H31N5O2/c1-17-5-4-6-18(13-17)15-29-11-3-2-7-23(29)22-14-24-27-21-10-12-30(25(32)19-8-9-19)16-20(21)26(33)31(24)28-22/h4-6,13-14,19,23,28H,2-3,7-12,15-16H2,1H3/t23-/m1/s1. The van der Waals surface area contributed by atoms with Gasteiger partial charge in [-0.3, -0.25) is 19.6 Å². The Kier molecular flexibility index (Phi) is 5.09. The molecule has 4 heterocycles. The van der Waals surface area contributed by atoms with Gasteiger partial charge in [0.05, 0.1) is 29.5 Å². The highest BCUT2D eigenvalue weighted by atomic mass is 16.2. The molecule has 33 heavy (non-hydrogen) atoms. The molecule has 1 aromatic carbocycles. The molecule has 172 valence electrons. The maximum atomic E-state index is 13.4. The summed E-state index contributed by atoms with van der Waals surface area (Å²) in [4.78, 5) is 35.1. The average Bonchev–Trinajstić information content (AvgIpc) is 3.58. The Bertz CT molecular complexity index is 1270. The summed E-state index contributed by atoms with van der Waals surface area (Å²) in [6.45, 7) is 5.13. The molecule has 0 spiro atoms. The van der Waals surface area contributed by atoms with E-state index >= 15 is 0 Å². The lowest BCUT2D eigenvalue weighted by Gasteiger charge is -2.35. The van der Waals surface area contributed by atoms with Gasteiger partial charge >= 0.3 is 0 Å². The van der Waals surface area contributed by atoms with Crippen molar-refractivity contribution in [3.63, 3.8) is 0 Å². The molecule has 3 aromatic rings. The third-order valence-electron chi connectivity index (χ3n) is 7.46. The predicted molar refractivity (Wildman–Crippen MR) is 126 cm³/mol. The normalized spacial score (nSPS) is 21.4. The molecule has 1 N–H and O–H groups in total. The molecule has 2 aliphatic heterocycles. The Morgan fingerprint density at radius 2 is 2.03 bits per heavy atom. The second-order valence-electron chi connectivity index (χ2n) is 10.0. The minimum atomic E-state index is -0.0596. The van der Waals surface area contributed by atoms with Crippen LogP contribution < -0.4 is 5.56 Å². The van der Waals surface area contributed by atoms with Crippen molar-refractivity contribution in [1.29, 1.82) is 0 Å². The number of amides is 1. The number of nitrogens with one attached hydrogen (secondary N) is 1. The van der Waals surface area contributed by atoms with E-state index in [1.807, 2.05) is 4.90 Å². The quantitative estimate of drug-likeness (QED) is 0.668. The molecule has 0 radical (unpaired) electrons. The maximum Gasteiger partial charge on any atom is 0.277 e. The summed E-state index contributed by atoms with van der Waals surface area (Å²) in [6, 6.07) is 11.0. The predicted octanol–water partition coefficient (Wildman–Crippen LogP) is 3.35. The highest BCUT2D eigenvalue weighted by molar-refractivity contribution is 5.81. The summed E-state index contributed by atoms with van der Waals surface area (Å²) in [6.07, 6.45) is 6.07. The molecule has 7 nitrogen and oxygen atoms in total. The first-order valence-corrected chi connectivity index (χ1v) is 12.3. The second kappa shape index (κ2) is 8.13. The Hall–Kier alpha value is -2.93. The number of carbonyl (C=O) groups excluding carboxylic acids is 1. The van der Waals surface area contributed by atoms with Crippen molar-refractivity contribution in [2.24, 2.45) is 5.92 Å². The number of carbonyl (C=O) groups is 1. The third kappa shape index (κ3) is 3.88. The maximum absolute atomic E-state index is 13.4. The van der Waals surface area contributed by atoms with Crippen molar-refractivity contribution in [2.45, 2.75) is 64.6 Å². The molecular weight excluding hydrogens is 414 g/mol. The number of likely N-dealkylation sites (tertiary alicyclic amines) is 1. The fourth-order valence-corrected chi connectivity index (χ4v) is 5.52. The third-order valence-corrected chi connectivity index (χ3v) is 7.46. The van der Waals surface area contributed by atoms with Gasteiger partial charge in [0.25, 0.3) is 5.56 Å². The summed E-state index contributed by atoms with van der Waals surface area (Å²) in [5, 5.41) is 3.39. The number of benzene rings is 1. The minimum Gasteiger partial charge on any atom is -0.337 e. The molecule has 3 aliphatic rings. The van der Waals surface area contributed by atoms with E-state index in [2.05, 4.69) is 47.3 Å². The van der Waals surface area contributed by atoms with E-state index in [0.717, 1.165) is 43.7 Å². The van der Waals surface area contributed by atoms with Crippen LogP contribution in [0, 0.1) is 12.8 Å². The molecule has 1 aliphatic carbocycles. The first-order valence-electron chi connectivity index (χ1n) is 12.3. The Morgan fingerprint density at radius 3 is 2.85 bits per heavy atom. The van der Waals surface area contributed by atoms with Crippen molar-refractivity contribution in [3.8, 4) is 0 Å². The van der Waals surface area contributed by atoms with Gasteiger partial charge in [-0.05, 0) is 44.7 Å². The van der Waals surface area contributed by atoms with Gasteiger partial charge in [-0.25, -0.2) is 9.50 Å². The van der Waals surface area contributed by atoms with Crippen LogP contribution in [0.15, 0.2) is 35.1 Å². The first kappa shape index (κ1) is 20.7. The number of fused-ring (bicyclic) bond motifs is 2. The Labute approximate surface area is 193 Å². The van der Waals surface area contributed by atoms with Crippen molar-refractivity contribution < 1.29 is 4.79 Å². The van der Waals surface area contributed by atoms with Gasteiger partial charge in [0, 0.05) is 31.5 Å². The highest BCUT2D eigenvalue weighted by Gasteiger charge is 2.36. The molecule has 1 saturated carbocycles. The number of H-pyrrole nitrogens is 1. The first-order chi connectivity index (χ1) is 16.1. The zero-order chi connectivity index (χ0) is 22.5. The molecule has 7 heteroatoms. The SMILES string of the molecule is Cc1cccc(CN2CCCC[C@@H]2c2cc3nc4c(c(=O)n3[nH]2)CN(C(=O)C2CC2)CC4)c1. The Balaban J connectivity index is 1.30. The number of hydrogen-bond acceptors (Lipinski definition) is 4. The van der Waals surface area contributed by atoms with E-state index in [1.54, 1.807) is 4.52 Å².